The number of anilines is 2. The molecule has 5 heterocycles. The van der Waals surface area contributed by atoms with Gasteiger partial charge in [0.15, 0.2) is 17.4 Å². The molecule has 0 aromatic carbocycles. The summed E-state index contributed by atoms with van der Waals surface area (Å²) in [5.41, 5.74) is 4.99. The maximum absolute atomic E-state index is 12.1. The van der Waals surface area contributed by atoms with Crippen molar-refractivity contribution in [2.75, 3.05) is 17.2 Å². The van der Waals surface area contributed by atoms with Crippen LogP contribution in [0.3, 0.4) is 0 Å². The van der Waals surface area contributed by atoms with Crippen molar-refractivity contribution in [1.82, 2.24) is 34.3 Å². The van der Waals surface area contributed by atoms with Crippen molar-refractivity contribution in [3.05, 3.63) is 22.5 Å². The smallest absolute Gasteiger partial charge is 0.280 e. The Morgan fingerprint density at radius 2 is 2.25 bits per heavy atom. The first-order chi connectivity index (χ1) is 13.3. The molecule has 2 aliphatic rings. The first-order valence-electron chi connectivity index (χ1n) is 9.07. The Labute approximate surface area is 159 Å². The van der Waals surface area contributed by atoms with Crippen molar-refractivity contribution in [3.8, 4) is 0 Å². The van der Waals surface area contributed by atoms with Crippen molar-refractivity contribution >= 4 is 23.1 Å². The maximum Gasteiger partial charge on any atom is 0.280 e. The number of imidazole rings is 1. The summed E-state index contributed by atoms with van der Waals surface area (Å²) < 4.78 is 9.64. The maximum atomic E-state index is 12.1. The molecule has 3 aromatic rings. The van der Waals surface area contributed by atoms with Gasteiger partial charge in [-0.05, 0) is 13.3 Å². The number of aromatic nitrogens is 7. The highest BCUT2D eigenvalue weighted by Crippen LogP contribution is 2.49. The molecule has 0 radical (unpaired) electrons. The zero-order chi connectivity index (χ0) is 19.8. The van der Waals surface area contributed by atoms with Crippen LogP contribution in [0.5, 0.6) is 0 Å². The van der Waals surface area contributed by atoms with Crippen LogP contribution >= 0.6 is 0 Å². The third-order valence-electron chi connectivity index (χ3n) is 5.86. The molecule has 2 fully saturated rings. The van der Waals surface area contributed by atoms with Crippen molar-refractivity contribution < 1.29 is 9.84 Å². The van der Waals surface area contributed by atoms with E-state index < -0.39 is 29.5 Å². The molecule has 5 rings (SSSR count). The van der Waals surface area contributed by atoms with Crippen LogP contribution in [0.4, 0.5) is 11.9 Å². The molecule has 2 aliphatic heterocycles. The number of nitrogens with two attached hydrogens (primary N) is 1. The van der Waals surface area contributed by atoms with Crippen LogP contribution in [0.15, 0.2) is 11.1 Å². The summed E-state index contributed by atoms with van der Waals surface area (Å²) >= 11 is 0. The minimum Gasteiger partial charge on any atom is -0.388 e. The fourth-order valence-electron chi connectivity index (χ4n) is 4.22. The quantitative estimate of drug-likeness (QED) is 0.517. The Balaban J connectivity index is 1.64. The van der Waals surface area contributed by atoms with Crippen molar-refractivity contribution in [1.29, 1.82) is 0 Å². The topological polar surface area (TPSA) is 153 Å². The van der Waals surface area contributed by atoms with Gasteiger partial charge in [-0.25, -0.2) is 4.98 Å². The summed E-state index contributed by atoms with van der Waals surface area (Å²) in [5.74, 6) is 1.29. The van der Waals surface area contributed by atoms with Crippen molar-refractivity contribution in [3.63, 3.8) is 0 Å². The van der Waals surface area contributed by atoms with E-state index in [1.54, 1.807) is 9.25 Å². The zero-order valence-electron chi connectivity index (χ0n) is 15.7. The van der Waals surface area contributed by atoms with Gasteiger partial charge in [-0.2, -0.15) is 9.97 Å². The highest BCUT2D eigenvalue weighted by molar-refractivity contribution is 5.70. The van der Waals surface area contributed by atoms with Crippen LogP contribution < -0.4 is 16.2 Å². The lowest BCUT2D eigenvalue weighted by molar-refractivity contribution is -0.104. The largest absolute Gasteiger partial charge is 0.388 e. The molecule has 0 amide bonds. The molecule has 28 heavy (non-hydrogen) atoms. The number of morpholine rings is 1. The number of aryl methyl sites for hydroxylation is 2. The summed E-state index contributed by atoms with van der Waals surface area (Å²) in [5, 5.41) is 15.5. The monoisotopic (exact) mass is 387 g/mol. The second-order valence-corrected chi connectivity index (χ2v) is 7.35. The number of nitrogen functional groups attached to an aromatic ring is 1. The van der Waals surface area contributed by atoms with E-state index in [9.17, 15) is 9.90 Å². The average molecular weight is 387 g/mol. The van der Waals surface area contributed by atoms with E-state index in [-0.39, 0.29) is 11.5 Å². The average Bonchev–Trinajstić information content (AvgIpc) is 3.36. The van der Waals surface area contributed by atoms with Crippen molar-refractivity contribution in [2.45, 2.75) is 44.2 Å². The molecule has 4 N–H and O–H groups in total. The molecule has 0 aliphatic carbocycles. The Morgan fingerprint density at radius 3 is 2.89 bits per heavy atom. The lowest BCUT2D eigenvalue weighted by Gasteiger charge is -2.36. The number of hydrogen-bond donors (Lipinski definition) is 3. The number of aliphatic hydroxyl groups excluding tert-OH is 1. The van der Waals surface area contributed by atoms with E-state index in [1.807, 2.05) is 25.8 Å². The van der Waals surface area contributed by atoms with Gasteiger partial charge in [0.2, 0.25) is 11.9 Å². The third kappa shape index (κ3) is 2.09. The molecule has 0 spiro atoms. The number of ether oxygens (including phenoxy) is 1. The van der Waals surface area contributed by atoms with Gasteiger partial charge < -0.3 is 20.5 Å². The Kier molecular flexibility index (Phi) is 3.37. The third-order valence-corrected chi connectivity index (χ3v) is 5.86. The molecule has 148 valence electrons. The fourth-order valence-corrected chi connectivity index (χ4v) is 4.22. The fraction of sp³-hybridized carbons (Fsp3) is 0.562. The first kappa shape index (κ1) is 17.1. The van der Waals surface area contributed by atoms with Crippen molar-refractivity contribution in [2.24, 2.45) is 7.05 Å². The second kappa shape index (κ2) is 5.52. The number of nitrogens with one attached hydrogen (secondary N) is 1. The molecule has 4 atom stereocenters. The highest BCUT2D eigenvalue weighted by Gasteiger charge is 2.64. The summed E-state index contributed by atoms with van der Waals surface area (Å²) in [7, 11) is 1.82. The Bertz CT molecular complexity index is 1110. The molecule has 0 unspecified atom stereocenters. The van der Waals surface area contributed by atoms with Crippen LogP contribution in [0.25, 0.3) is 11.2 Å². The molecule has 0 saturated carbocycles. The molecular formula is C16H21N9O3. The minimum absolute atomic E-state index is 0.00738. The lowest BCUT2D eigenvalue weighted by Crippen LogP contribution is -2.46. The number of fused-ring (bicyclic) bond motifs is 3. The van der Waals surface area contributed by atoms with Gasteiger partial charge in [0.1, 0.15) is 23.6 Å². The summed E-state index contributed by atoms with van der Waals surface area (Å²) in [6, 6.07) is -0.457. The molecule has 3 aromatic heterocycles. The van der Waals surface area contributed by atoms with E-state index in [1.165, 1.54) is 6.33 Å². The predicted molar refractivity (Wildman–Crippen MR) is 98.6 cm³/mol. The molecular weight excluding hydrogens is 366 g/mol. The van der Waals surface area contributed by atoms with E-state index in [0.717, 1.165) is 5.82 Å². The molecule has 12 nitrogen and oxygen atoms in total. The minimum atomic E-state index is -0.772. The van der Waals surface area contributed by atoms with Gasteiger partial charge in [-0.3, -0.25) is 19.0 Å². The standard InChI is InChI=1S/C16H21N9O3/c1-4-16-5-24(15-19-7(2)23(3)22-15)9(10(16)26)13(28-16)25-6-18-8-11(25)20-14(17)21-12(8)27/h6,9-10,13,26H,4-5H2,1-3H3,(H3,17,20,21,27)/t9-,10+,13-,16+/m1/s1. The van der Waals surface area contributed by atoms with E-state index in [0.29, 0.717) is 24.6 Å². The second-order valence-electron chi connectivity index (χ2n) is 7.35. The van der Waals surface area contributed by atoms with E-state index >= 15 is 0 Å². The summed E-state index contributed by atoms with van der Waals surface area (Å²) in [4.78, 5) is 29.4. The SMILES string of the molecule is CC[C@@]12CN(c3nc(C)n(C)n3)[C@@H]([C@H](n3cnc4c(=O)[nH]c(N)nc43)O1)[C@@H]2O. The van der Waals surface area contributed by atoms with Crippen LogP contribution in [0, 0.1) is 6.92 Å². The number of rotatable bonds is 3. The summed E-state index contributed by atoms with van der Waals surface area (Å²) in [6.07, 6.45) is 0.713. The molecule has 12 heteroatoms. The predicted octanol–water partition coefficient (Wildman–Crippen LogP) is -0.934. The van der Waals surface area contributed by atoms with Crippen LogP contribution in [-0.4, -0.2) is 63.7 Å². The molecule has 2 saturated heterocycles. The summed E-state index contributed by atoms with van der Waals surface area (Å²) in [6.45, 7) is 4.31. The van der Waals surface area contributed by atoms with E-state index in [4.69, 9.17) is 10.5 Å². The zero-order valence-corrected chi connectivity index (χ0v) is 15.7. The Hall–Kier alpha value is -2.99. The number of nitrogens with zero attached hydrogens (tertiary/aromatic N) is 7. The van der Waals surface area contributed by atoms with Gasteiger partial charge in [0, 0.05) is 7.05 Å². The number of aliphatic hydroxyl groups is 1. The van der Waals surface area contributed by atoms with Gasteiger partial charge in [0.25, 0.3) is 5.56 Å². The highest BCUT2D eigenvalue weighted by atomic mass is 16.6. The number of H-pyrrole nitrogens is 1. The Morgan fingerprint density at radius 1 is 1.46 bits per heavy atom. The normalized spacial score (nSPS) is 29.3. The first-order valence-corrected chi connectivity index (χ1v) is 9.07. The van der Waals surface area contributed by atoms with Gasteiger partial charge >= 0.3 is 0 Å². The molecule has 2 bridgehead atoms. The van der Waals surface area contributed by atoms with Gasteiger partial charge in [0.05, 0.1) is 12.9 Å². The van der Waals surface area contributed by atoms with Crippen LogP contribution in [0.2, 0.25) is 0 Å². The lowest BCUT2D eigenvalue weighted by atomic mass is 9.96. The van der Waals surface area contributed by atoms with Gasteiger partial charge in [-0.1, -0.05) is 6.92 Å². The number of aromatic amines is 1. The van der Waals surface area contributed by atoms with Crippen LogP contribution in [-0.2, 0) is 11.8 Å². The number of hydrogen-bond acceptors (Lipinski definition) is 9. The van der Waals surface area contributed by atoms with Crippen LogP contribution in [0.1, 0.15) is 25.4 Å². The van der Waals surface area contributed by atoms with E-state index in [2.05, 4.69) is 25.0 Å². The van der Waals surface area contributed by atoms with Gasteiger partial charge in [-0.15, -0.1) is 5.10 Å².